The Labute approximate surface area is 117 Å². The Morgan fingerprint density at radius 3 is 1.84 bits per heavy atom. The van der Waals surface area contributed by atoms with Crippen LogP contribution in [0.4, 0.5) is 26.3 Å². The van der Waals surface area contributed by atoms with Gasteiger partial charge in [-0.15, -0.1) is 0 Å². The van der Waals surface area contributed by atoms with Gasteiger partial charge in [-0.05, 0) is 34.7 Å². The van der Waals surface area contributed by atoms with E-state index in [1.807, 2.05) is 0 Å². The zero-order valence-corrected chi connectivity index (χ0v) is 11.4. The summed E-state index contributed by atoms with van der Waals surface area (Å²) < 4.78 is 80.1. The molecule has 0 fully saturated rings. The minimum atomic E-state index is -5.89. The number of rotatable bonds is 2. The molecule has 0 unspecified atom stereocenters. The van der Waals surface area contributed by atoms with Crippen molar-refractivity contribution in [2.45, 2.75) is 18.0 Å². The average Bonchev–Trinajstić information content (AvgIpc) is 2.24. The SMILES string of the molecule is COc1ccc(C(O)(C(F)(F)F)C(F)(F)F)c(I)c1. The number of hydrogen-bond donors (Lipinski definition) is 1. The minimum absolute atomic E-state index is 0.0832. The molecule has 1 rings (SSSR count). The van der Waals surface area contributed by atoms with Crippen molar-refractivity contribution in [2.24, 2.45) is 0 Å². The first kappa shape index (κ1) is 16.3. The number of ether oxygens (including phenoxy) is 1. The van der Waals surface area contributed by atoms with Crippen molar-refractivity contribution < 1.29 is 36.2 Å². The van der Waals surface area contributed by atoms with Crippen LogP contribution in [-0.4, -0.2) is 24.6 Å². The summed E-state index contributed by atoms with van der Waals surface area (Å²) in [4.78, 5) is 0. The molecule has 0 aliphatic carbocycles. The Morgan fingerprint density at radius 1 is 1.05 bits per heavy atom. The van der Waals surface area contributed by atoms with Crippen LogP contribution >= 0.6 is 22.6 Å². The largest absolute Gasteiger partial charge is 0.497 e. The van der Waals surface area contributed by atoms with E-state index >= 15 is 0 Å². The average molecular weight is 400 g/mol. The highest BCUT2D eigenvalue weighted by Gasteiger charge is 2.71. The van der Waals surface area contributed by atoms with Crippen LogP contribution in [0, 0.1) is 3.57 Å². The minimum Gasteiger partial charge on any atom is -0.497 e. The topological polar surface area (TPSA) is 29.5 Å². The molecule has 1 aromatic carbocycles. The molecule has 0 heterocycles. The maximum atomic E-state index is 12.6. The van der Waals surface area contributed by atoms with Crippen LogP contribution in [0.1, 0.15) is 5.56 Å². The lowest BCUT2D eigenvalue weighted by Crippen LogP contribution is -2.54. The van der Waals surface area contributed by atoms with E-state index in [-0.39, 0.29) is 5.75 Å². The standard InChI is InChI=1S/C10H7F6IO2/c1-19-5-2-3-6(7(17)4-5)8(18,9(11,12)13)10(14,15)16/h2-4,18H,1H3. The highest BCUT2D eigenvalue weighted by Crippen LogP contribution is 2.51. The Kier molecular flexibility index (Phi) is 4.30. The van der Waals surface area contributed by atoms with Crippen LogP contribution in [0.3, 0.4) is 0 Å². The third kappa shape index (κ3) is 2.76. The Balaban J connectivity index is 3.52. The van der Waals surface area contributed by atoms with Gasteiger partial charge in [-0.2, -0.15) is 26.3 Å². The van der Waals surface area contributed by atoms with Gasteiger partial charge in [0.25, 0.3) is 5.60 Å². The number of methoxy groups -OCH3 is 1. The number of hydrogen-bond acceptors (Lipinski definition) is 2. The molecule has 0 aliphatic rings. The van der Waals surface area contributed by atoms with Gasteiger partial charge >= 0.3 is 12.4 Å². The maximum absolute atomic E-state index is 12.6. The van der Waals surface area contributed by atoms with Gasteiger partial charge in [-0.3, -0.25) is 0 Å². The molecule has 0 radical (unpaired) electrons. The molecule has 19 heavy (non-hydrogen) atoms. The maximum Gasteiger partial charge on any atom is 0.430 e. The second-order valence-corrected chi connectivity index (χ2v) is 4.71. The monoisotopic (exact) mass is 400 g/mol. The van der Waals surface area contributed by atoms with Gasteiger partial charge in [0.2, 0.25) is 0 Å². The normalized spacial score (nSPS) is 13.5. The van der Waals surface area contributed by atoms with Crippen LogP contribution in [0.2, 0.25) is 0 Å². The number of benzene rings is 1. The molecule has 0 atom stereocenters. The van der Waals surface area contributed by atoms with Crippen molar-refractivity contribution in [3.8, 4) is 5.75 Å². The number of halogens is 7. The zero-order valence-electron chi connectivity index (χ0n) is 9.23. The van der Waals surface area contributed by atoms with Crippen molar-refractivity contribution in [3.63, 3.8) is 0 Å². The summed E-state index contributed by atoms with van der Waals surface area (Å²) >= 11 is 1.27. The highest BCUT2D eigenvalue weighted by molar-refractivity contribution is 14.1. The van der Waals surface area contributed by atoms with Gasteiger partial charge in [0.15, 0.2) is 0 Å². The molecule has 108 valence electrons. The third-order valence-corrected chi connectivity index (χ3v) is 3.28. The molecule has 2 nitrogen and oxygen atoms in total. The van der Waals surface area contributed by atoms with Crippen LogP contribution in [0.5, 0.6) is 5.75 Å². The summed E-state index contributed by atoms with van der Waals surface area (Å²) in [7, 11) is 1.21. The second kappa shape index (κ2) is 5.00. The molecule has 0 saturated carbocycles. The summed E-state index contributed by atoms with van der Waals surface area (Å²) in [5.41, 5.74) is -6.20. The molecule has 0 bridgehead atoms. The molecule has 0 aliphatic heterocycles. The molecule has 1 N–H and O–H groups in total. The van der Waals surface area contributed by atoms with E-state index in [0.717, 1.165) is 12.1 Å². The van der Waals surface area contributed by atoms with Crippen molar-refractivity contribution >= 4 is 22.6 Å². The fourth-order valence-electron chi connectivity index (χ4n) is 1.38. The van der Waals surface area contributed by atoms with E-state index in [4.69, 9.17) is 0 Å². The third-order valence-electron chi connectivity index (χ3n) is 2.39. The van der Waals surface area contributed by atoms with E-state index in [9.17, 15) is 31.4 Å². The van der Waals surface area contributed by atoms with Gasteiger partial charge in [0.05, 0.1) is 7.11 Å². The summed E-state index contributed by atoms with van der Waals surface area (Å²) in [5.74, 6) is 0.0832. The van der Waals surface area contributed by atoms with E-state index in [1.165, 1.54) is 29.7 Å². The Hall–Kier alpha value is -0.710. The van der Waals surface area contributed by atoms with Crippen molar-refractivity contribution in [1.29, 1.82) is 0 Å². The van der Waals surface area contributed by atoms with Crippen molar-refractivity contribution in [2.75, 3.05) is 7.11 Å². The van der Waals surface area contributed by atoms with Crippen LogP contribution in [0.15, 0.2) is 18.2 Å². The predicted octanol–water partition coefficient (Wildman–Crippen LogP) is 3.61. The second-order valence-electron chi connectivity index (χ2n) is 3.55. The lowest BCUT2D eigenvalue weighted by molar-refractivity contribution is -0.376. The molecular formula is C10H7F6IO2. The Morgan fingerprint density at radius 2 is 1.53 bits per heavy atom. The highest BCUT2D eigenvalue weighted by atomic mass is 127. The summed E-state index contributed by atoms with van der Waals surface area (Å²) in [6.07, 6.45) is -11.8. The zero-order chi connectivity index (χ0) is 15.1. The predicted molar refractivity (Wildman–Crippen MR) is 61.7 cm³/mol. The molecular weight excluding hydrogens is 393 g/mol. The smallest absolute Gasteiger partial charge is 0.430 e. The van der Waals surface area contributed by atoms with Gasteiger partial charge in [-0.25, -0.2) is 0 Å². The Bertz CT molecular complexity index is 454. The summed E-state index contributed by atoms with van der Waals surface area (Å²) in [6.45, 7) is 0. The van der Waals surface area contributed by atoms with Gasteiger partial charge in [0, 0.05) is 9.13 Å². The molecule has 0 saturated heterocycles. The lowest BCUT2D eigenvalue weighted by Gasteiger charge is -2.33. The van der Waals surface area contributed by atoms with Crippen LogP contribution in [-0.2, 0) is 5.60 Å². The fourth-order valence-corrected chi connectivity index (χ4v) is 2.26. The number of aliphatic hydroxyl groups is 1. The quantitative estimate of drug-likeness (QED) is 0.608. The molecule has 1 aromatic rings. The molecule has 0 amide bonds. The van der Waals surface area contributed by atoms with Gasteiger partial charge in [0.1, 0.15) is 5.75 Å². The molecule has 0 spiro atoms. The summed E-state index contributed by atoms with van der Waals surface area (Å²) in [6, 6.07) is 2.43. The van der Waals surface area contributed by atoms with E-state index in [2.05, 4.69) is 4.74 Å². The number of alkyl halides is 6. The first-order chi connectivity index (χ1) is 8.45. The molecule has 0 aromatic heterocycles. The van der Waals surface area contributed by atoms with Crippen LogP contribution in [0.25, 0.3) is 0 Å². The first-order valence-electron chi connectivity index (χ1n) is 4.65. The van der Waals surface area contributed by atoms with Crippen LogP contribution < -0.4 is 4.74 Å². The molecule has 9 heteroatoms. The first-order valence-corrected chi connectivity index (χ1v) is 5.73. The summed E-state index contributed by atoms with van der Waals surface area (Å²) in [5, 5.41) is 9.20. The van der Waals surface area contributed by atoms with Crippen molar-refractivity contribution in [1.82, 2.24) is 0 Å². The van der Waals surface area contributed by atoms with Crippen molar-refractivity contribution in [3.05, 3.63) is 27.3 Å². The van der Waals surface area contributed by atoms with Gasteiger partial charge in [-0.1, -0.05) is 6.07 Å². The fraction of sp³-hybridized carbons (Fsp3) is 0.400. The van der Waals surface area contributed by atoms with E-state index < -0.39 is 27.1 Å². The van der Waals surface area contributed by atoms with Gasteiger partial charge < -0.3 is 9.84 Å². The lowest BCUT2D eigenvalue weighted by atomic mass is 9.92. The van der Waals surface area contributed by atoms with E-state index in [0.29, 0.717) is 6.07 Å². The van der Waals surface area contributed by atoms with E-state index in [1.54, 1.807) is 0 Å².